The standard InChI is InChI=1S/C18H38N2O7.C16H32N2O7.C12H28N2O5.C6H10O3/c1-15(21)26-9-7-19(3,4)11-17(23)13-25-14-18(24)12-20(5,6)8-10-27-16(2)22;1-13(19)24-7-5-17(3)9-15(21)11-23-12-16(22)10-18(4)6-8-25-14(2)20;1-13(3-5-15)7-11(17)9-19-10-12(18)8-14(2)4-6-16;1(5-3-8-5)7-2-6-4-9-6/h17-18,23-24H,7-14H2,1-6H3;15-16,21-22H,5-12H2,1-4H3;11-12,15-18H,3-10H2,1-2H3;5-6H,1-4H2/q+2;;;. The Morgan fingerprint density at radius 1 is 0.438 bits per heavy atom. The van der Waals surface area contributed by atoms with Crippen molar-refractivity contribution in [3.05, 3.63) is 0 Å². The Kier molecular flexibility index (Phi) is 46.9. The second-order valence-corrected chi connectivity index (χ2v) is 21.5. The highest BCUT2D eigenvalue weighted by atomic mass is 16.6. The van der Waals surface area contributed by atoms with Gasteiger partial charge in [-0.1, -0.05) is 0 Å². The van der Waals surface area contributed by atoms with Crippen LogP contribution in [0.2, 0.25) is 0 Å². The quantitative estimate of drug-likeness (QED) is 0.0123. The maximum absolute atomic E-state index is 10.8. The van der Waals surface area contributed by atoms with Crippen molar-refractivity contribution < 1.29 is 116 Å². The highest BCUT2D eigenvalue weighted by Gasteiger charge is 2.27. The van der Waals surface area contributed by atoms with Crippen LogP contribution in [0.25, 0.3) is 0 Å². The van der Waals surface area contributed by atoms with Crippen molar-refractivity contribution in [2.75, 3.05) is 241 Å². The minimum atomic E-state index is -0.698. The summed E-state index contributed by atoms with van der Waals surface area (Å²) in [4.78, 5) is 50.2. The van der Waals surface area contributed by atoms with E-state index in [1.807, 2.05) is 38.0 Å². The molecule has 0 aromatic rings. The molecule has 2 fully saturated rings. The number of quaternary nitrogens is 2. The average Bonchev–Trinajstić information content (AvgIpc) is 4.27. The Labute approximate surface area is 475 Å². The molecule has 476 valence electrons. The monoisotopic (exact) mass is 1170 g/mol. The van der Waals surface area contributed by atoms with Crippen LogP contribution in [0.5, 0.6) is 0 Å². The van der Waals surface area contributed by atoms with Crippen molar-refractivity contribution in [2.45, 2.75) is 76.5 Å². The molecule has 28 nitrogen and oxygen atoms in total. The fourth-order valence-corrected chi connectivity index (χ4v) is 7.03. The molecule has 2 aliphatic rings. The molecule has 8 unspecified atom stereocenters. The molecule has 2 aliphatic heterocycles. The van der Waals surface area contributed by atoms with Crippen LogP contribution >= 0.6 is 0 Å². The van der Waals surface area contributed by atoms with Crippen LogP contribution in [0.1, 0.15) is 27.7 Å². The maximum atomic E-state index is 10.8. The summed E-state index contributed by atoms with van der Waals surface area (Å²) in [6.07, 6.45) is -3.26. The first-order valence-electron chi connectivity index (χ1n) is 27.2. The number of rotatable bonds is 44. The average molecular weight is 1170 g/mol. The third kappa shape index (κ3) is 56.9. The lowest BCUT2D eigenvalue weighted by Gasteiger charge is -2.32. The van der Waals surface area contributed by atoms with E-state index >= 15 is 0 Å². The SMILES string of the molecule is C(OCC1CO1)C1CO1.CC(=O)OCCN(C)CC(O)COCC(O)CN(C)CCOC(C)=O.CC(=O)OCC[N+](C)(C)CC(O)COCC(O)C[N+](C)(C)CCOC(C)=O.CN(CCO)CC(O)COCC(O)CN(C)CCO. The largest absolute Gasteiger partial charge is 0.465 e. The van der Waals surface area contributed by atoms with Gasteiger partial charge in [0, 0.05) is 80.1 Å². The number of ether oxygens (including phenoxy) is 10. The summed E-state index contributed by atoms with van der Waals surface area (Å²) in [5.74, 6) is -1.29. The molecule has 0 saturated carbocycles. The second kappa shape index (κ2) is 47.4. The van der Waals surface area contributed by atoms with Crippen LogP contribution in [0.15, 0.2) is 0 Å². The predicted octanol–water partition coefficient (Wildman–Crippen LogP) is -4.91. The van der Waals surface area contributed by atoms with E-state index in [0.717, 1.165) is 26.4 Å². The first-order chi connectivity index (χ1) is 37.5. The van der Waals surface area contributed by atoms with Gasteiger partial charge in [-0.15, -0.1) is 0 Å². The summed E-state index contributed by atoms with van der Waals surface area (Å²) >= 11 is 0. The number of hydrogen-bond donors (Lipinski definition) is 8. The molecule has 0 aromatic heterocycles. The highest BCUT2D eigenvalue weighted by Crippen LogP contribution is 2.12. The Hall–Kier alpha value is -2.92. The van der Waals surface area contributed by atoms with Crippen LogP contribution in [-0.2, 0) is 66.5 Å². The van der Waals surface area contributed by atoms with E-state index in [2.05, 4.69) is 0 Å². The number of aliphatic hydroxyl groups is 8. The van der Waals surface area contributed by atoms with Gasteiger partial charge in [0.25, 0.3) is 0 Å². The normalized spacial score (nSPS) is 17.1. The Bertz CT molecular complexity index is 1450. The molecule has 0 aromatic carbocycles. The van der Waals surface area contributed by atoms with E-state index < -0.39 is 36.6 Å². The molecule has 0 spiro atoms. The van der Waals surface area contributed by atoms with Gasteiger partial charge in [0.15, 0.2) is 0 Å². The molecule has 28 heteroatoms. The molecule has 2 heterocycles. The number of hydrogen-bond acceptors (Lipinski definition) is 26. The first-order valence-corrected chi connectivity index (χ1v) is 27.2. The molecule has 0 bridgehead atoms. The first kappa shape index (κ1) is 79.1. The highest BCUT2D eigenvalue weighted by molar-refractivity contribution is 5.66. The van der Waals surface area contributed by atoms with Gasteiger partial charge in [-0.25, -0.2) is 0 Å². The number of carbonyl (C=O) groups excluding carboxylic acids is 4. The van der Waals surface area contributed by atoms with Crippen LogP contribution in [0.3, 0.4) is 0 Å². The van der Waals surface area contributed by atoms with Crippen molar-refractivity contribution in [3.8, 4) is 0 Å². The zero-order valence-corrected chi connectivity index (χ0v) is 50.4. The van der Waals surface area contributed by atoms with E-state index in [9.17, 15) is 49.8 Å². The Morgan fingerprint density at radius 2 is 0.688 bits per heavy atom. The van der Waals surface area contributed by atoms with Gasteiger partial charge >= 0.3 is 23.9 Å². The maximum Gasteiger partial charge on any atom is 0.302 e. The predicted molar refractivity (Wildman–Crippen MR) is 293 cm³/mol. The molecule has 80 heavy (non-hydrogen) atoms. The minimum absolute atomic E-state index is 0.0555. The Balaban J connectivity index is 0. The molecule has 8 N–H and O–H groups in total. The summed E-state index contributed by atoms with van der Waals surface area (Å²) in [6, 6.07) is 0. The third-order valence-electron chi connectivity index (χ3n) is 11.3. The topological polar surface area (TPSA) is 342 Å². The molecular formula is C52H108N6O22+2. The molecule has 8 atom stereocenters. The van der Waals surface area contributed by atoms with Gasteiger partial charge in [-0.2, -0.15) is 0 Å². The van der Waals surface area contributed by atoms with Crippen LogP contribution in [-0.4, -0.2) is 383 Å². The fourth-order valence-electron chi connectivity index (χ4n) is 7.03. The Morgan fingerprint density at radius 3 is 0.938 bits per heavy atom. The number of esters is 4. The lowest BCUT2D eigenvalue weighted by Crippen LogP contribution is -2.49. The van der Waals surface area contributed by atoms with Gasteiger partial charge < -0.3 is 117 Å². The molecule has 0 amide bonds. The third-order valence-corrected chi connectivity index (χ3v) is 11.3. The van der Waals surface area contributed by atoms with E-state index in [-0.39, 0.29) is 89.9 Å². The number of likely N-dealkylation sites (N-methyl/N-ethyl adjacent to an activating group) is 6. The zero-order valence-electron chi connectivity index (χ0n) is 50.4. The van der Waals surface area contributed by atoms with Crippen LogP contribution in [0.4, 0.5) is 0 Å². The van der Waals surface area contributed by atoms with Crippen LogP contribution < -0.4 is 0 Å². The van der Waals surface area contributed by atoms with Gasteiger partial charge in [-0.05, 0) is 28.2 Å². The van der Waals surface area contributed by atoms with Gasteiger partial charge in [0.1, 0.15) is 77.0 Å². The van der Waals surface area contributed by atoms with E-state index in [0.29, 0.717) is 113 Å². The molecule has 0 radical (unpaired) electrons. The molecular weight excluding hydrogens is 1060 g/mol. The van der Waals surface area contributed by atoms with Crippen molar-refractivity contribution in [3.63, 3.8) is 0 Å². The summed E-state index contributed by atoms with van der Waals surface area (Å²) in [6.45, 7) is 16.4. The van der Waals surface area contributed by atoms with Gasteiger partial charge in [0.05, 0.1) is 132 Å². The van der Waals surface area contributed by atoms with Gasteiger partial charge in [-0.3, -0.25) is 19.2 Å². The minimum Gasteiger partial charge on any atom is -0.465 e. The zero-order chi connectivity index (χ0) is 61.1. The smallest absolute Gasteiger partial charge is 0.302 e. The number of carbonyl (C=O) groups is 4. The lowest BCUT2D eigenvalue weighted by atomic mass is 10.3. The fraction of sp³-hybridized carbons (Fsp3) is 0.923. The van der Waals surface area contributed by atoms with Gasteiger partial charge in [0.2, 0.25) is 0 Å². The van der Waals surface area contributed by atoms with Crippen LogP contribution in [0, 0.1) is 0 Å². The number of aliphatic hydroxyl groups excluding tert-OH is 8. The van der Waals surface area contributed by atoms with Crippen molar-refractivity contribution in [1.29, 1.82) is 0 Å². The molecule has 2 rings (SSSR count). The summed E-state index contributed by atoms with van der Waals surface area (Å²) in [7, 11) is 15.0. The number of nitrogens with zero attached hydrogens (tertiary/aromatic N) is 6. The van der Waals surface area contributed by atoms with Crippen molar-refractivity contribution in [1.82, 2.24) is 19.6 Å². The lowest BCUT2D eigenvalue weighted by molar-refractivity contribution is -0.894. The van der Waals surface area contributed by atoms with Crippen molar-refractivity contribution >= 4 is 23.9 Å². The van der Waals surface area contributed by atoms with Crippen molar-refractivity contribution in [2.24, 2.45) is 0 Å². The number of epoxide rings is 2. The van der Waals surface area contributed by atoms with E-state index in [1.165, 1.54) is 27.7 Å². The second-order valence-electron chi connectivity index (χ2n) is 21.5. The van der Waals surface area contributed by atoms with E-state index in [1.54, 1.807) is 38.0 Å². The summed E-state index contributed by atoms with van der Waals surface area (Å²) in [5.41, 5.74) is 0. The molecule has 0 aliphatic carbocycles. The van der Waals surface area contributed by atoms with E-state index in [4.69, 9.17) is 57.6 Å². The summed E-state index contributed by atoms with van der Waals surface area (Å²) < 4.78 is 51.6. The summed E-state index contributed by atoms with van der Waals surface area (Å²) in [5, 5.41) is 76.7. The molecule has 2 saturated heterocycles.